The molecular formula is C22H20N4O5S. The van der Waals surface area contributed by atoms with Crippen LogP contribution in [0.5, 0.6) is 5.75 Å². The van der Waals surface area contributed by atoms with Gasteiger partial charge in [0.05, 0.1) is 16.1 Å². The minimum Gasteiger partial charge on any atom is -0.489 e. The third kappa shape index (κ3) is 4.20. The molecule has 1 aliphatic carbocycles. The maximum Gasteiger partial charge on any atom is 0.278 e. The molecule has 1 amide bonds. The Kier molecular flexibility index (Phi) is 5.92. The van der Waals surface area contributed by atoms with Gasteiger partial charge >= 0.3 is 0 Å². The number of anilines is 1. The molecule has 0 saturated carbocycles. The number of rotatable bonds is 6. The molecule has 0 unspecified atom stereocenters. The lowest BCUT2D eigenvalue weighted by molar-refractivity contribution is -0.384. The molecule has 0 saturated heterocycles. The zero-order chi connectivity index (χ0) is 22.8. The van der Waals surface area contributed by atoms with Gasteiger partial charge in [0.1, 0.15) is 29.2 Å². The summed E-state index contributed by atoms with van der Waals surface area (Å²) in [4.78, 5) is 24.4. The second-order valence-corrected chi connectivity index (χ2v) is 8.83. The number of aryl methyl sites for hydroxylation is 1. The Balaban J connectivity index is 1.51. The number of hydrogen-bond donors (Lipinski definition) is 1. The molecule has 9 nitrogen and oxygen atoms in total. The number of benzene rings is 1. The largest absolute Gasteiger partial charge is 0.489 e. The minimum absolute atomic E-state index is 0.000536. The smallest absolute Gasteiger partial charge is 0.278 e. The van der Waals surface area contributed by atoms with E-state index in [2.05, 4.69) is 23.5 Å². The molecule has 1 aliphatic rings. The lowest BCUT2D eigenvalue weighted by atomic mass is 9.88. The Hall–Kier alpha value is -3.71. The number of nitro groups is 1. The first-order valence-corrected chi connectivity index (χ1v) is 10.9. The van der Waals surface area contributed by atoms with E-state index in [1.165, 1.54) is 35.6 Å². The van der Waals surface area contributed by atoms with E-state index in [-0.39, 0.29) is 18.0 Å². The number of carbonyl (C=O) groups excluding carboxylic acids is 1. The van der Waals surface area contributed by atoms with Crippen molar-refractivity contribution >= 4 is 27.9 Å². The maximum absolute atomic E-state index is 13.0. The number of hydrogen-bond acceptors (Lipinski definition) is 8. The molecule has 2 heterocycles. The number of aromatic nitrogens is 1. The van der Waals surface area contributed by atoms with Crippen molar-refractivity contribution in [2.45, 2.75) is 39.7 Å². The van der Waals surface area contributed by atoms with E-state index in [1.54, 1.807) is 6.92 Å². The molecule has 0 fully saturated rings. The second kappa shape index (κ2) is 8.80. The van der Waals surface area contributed by atoms with Crippen LogP contribution in [0.1, 0.15) is 51.2 Å². The molecular weight excluding hydrogens is 432 g/mol. The average molecular weight is 452 g/mol. The number of non-ortho nitro benzene ring substituents is 1. The number of thiophene rings is 1. The number of nitrogens with zero attached hydrogens (tertiary/aromatic N) is 3. The van der Waals surface area contributed by atoms with Gasteiger partial charge < -0.3 is 14.6 Å². The fraction of sp³-hybridized carbons (Fsp3) is 0.318. The Labute approximate surface area is 187 Å². The number of nitrogens with one attached hydrogen (secondary N) is 1. The third-order valence-electron chi connectivity index (χ3n) is 5.48. The number of nitro benzene ring substituents is 1. The number of nitriles is 1. The summed E-state index contributed by atoms with van der Waals surface area (Å²) < 4.78 is 10.9. The van der Waals surface area contributed by atoms with E-state index >= 15 is 0 Å². The van der Waals surface area contributed by atoms with Crippen LogP contribution in [0.4, 0.5) is 10.7 Å². The fourth-order valence-corrected chi connectivity index (χ4v) is 5.03. The molecule has 4 rings (SSSR count). The first-order chi connectivity index (χ1) is 15.4. The number of carbonyl (C=O) groups is 1. The highest BCUT2D eigenvalue weighted by atomic mass is 32.1. The van der Waals surface area contributed by atoms with Crippen molar-refractivity contribution in [3.63, 3.8) is 0 Å². The van der Waals surface area contributed by atoms with Crippen LogP contribution in [0, 0.1) is 34.3 Å². The summed E-state index contributed by atoms with van der Waals surface area (Å²) in [5.41, 5.74) is 2.06. The van der Waals surface area contributed by atoms with Gasteiger partial charge in [-0.2, -0.15) is 5.26 Å². The van der Waals surface area contributed by atoms with Gasteiger partial charge in [0.2, 0.25) is 0 Å². The molecule has 1 aromatic carbocycles. The van der Waals surface area contributed by atoms with Gasteiger partial charge in [0.15, 0.2) is 5.69 Å². The van der Waals surface area contributed by atoms with Gasteiger partial charge in [-0.25, -0.2) is 0 Å². The Morgan fingerprint density at radius 2 is 2.19 bits per heavy atom. The van der Waals surface area contributed by atoms with E-state index in [0.29, 0.717) is 33.6 Å². The van der Waals surface area contributed by atoms with E-state index in [0.717, 1.165) is 29.7 Å². The van der Waals surface area contributed by atoms with Crippen molar-refractivity contribution in [1.82, 2.24) is 5.16 Å². The number of ether oxygens (including phenoxy) is 1. The van der Waals surface area contributed by atoms with Crippen molar-refractivity contribution in [2.75, 3.05) is 5.32 Å². The normalized spacial score (nSPS) is 15.0. The standard InChI is InChI=1S/C22H20N4O5S/c1-12-3-8-16-17(10-23)22(32-19(16)9-12)24-21(27)20-18(13(2)31-25-20)11-30-15-6-4-14(5-7-15)26(28)29/h4-7,12H,3,8-9,11H2,1-2H3,(H,24,27)/t12-/m0/s1. The Morgan fingerprint density at radius 3 is 2.88 bits per heavy atom. The van der Waals surface area contributed by atoms with Gasteiger partial charge in [0.25, 0.3) is 11.6 Å². The predicted molar refractivity (Wildman–Crippen MR) is 117 cm³/mol. The number of fused-ring (bicyclic) bond motifs is 1. The summed E-state index contributed by atoms with van der Waals surface area (Å²) in [6, 6.07) is 7.88. The van der Waals surface area contributed by atoms with Crippen LogP contribution in [-0.4, -0.2) is 16.0 Å². The minimum atomic E-state index is -0.491. The summed E-state index contributed by atoms with van der Waals surface area (Å²) in [6.07, 6.45) is 2.77. The first kappa shape index (κ1) is 21.5. The summed E-state index contributed by atoms with van der Waals surface area (Å²) in [5.74, 6) is 0.913. The molecule has 0 aliphatic heterocycles. The topological polar surface area (TPSA) is 131 Å². The quantitative estimate of drug-likeness (QED) is 0.420. The van der Waals surface area contributed by atoms with E-state index in [9.17, 15) is 20.2 Å². The van der Waals surface area contributed by atoms with Crippen LogP contribution in [0.15, 0.2) is 28.8 Å². The van der Waals surface area contributed by atoms with Crippen LogP contribution in [0.2, 0.25) is 0 Å². The molecule has 2 aromatic heterocycles. The Morgan fingerprint density at radius 1 is 1.44 bits per heavy atom. The molecule has 164 valence electrons. The third-order valence-corrected chi connectivity index (χ3v) is 6.65. The predicted octanol–water partition coefficient (Wildman–Crippen LogP) is 4.78. The van der Waals surface area contributed by atoms with Gasteiger partial charge in [-0.15, -0.1) is 11.3 Å². The SMILES string of the molecule is Cc1onc(C(=O)Nc2sc3c(c2C#N)CC[C@H](C)C3)c1COc1ccc([N+](=O)[O-])cc1. The fourth-order valence-electron chi connectivity index (χ4n) is 3.68. The van der Waals surface area contributed by atoms with Crippen molar-refractivity contribution in [3.8, 4) is 11.8 Å². The van der Waals surface area contributed by atoms with Crippen molar-refractivity contribution in [1.29, 1.82) is 5.26 Å². The van der Waals surface area contributed by atoms with E-state index in [4.69, 9.17) is 9.26 Å². The van der Waals surface area contributed by atoms with E-state index in [1.807, 2.05) is 0 Å². The van der Waals surface area contributed by atoms with Gasteiger partial charge in [0, 0.05) is 17.0 Å². The highest BCUT2D eigenvalue weighted by molar-refractivity contribution is 7.16. The lowest BCUT2D eigenvalue weighted by Gasteiger charge is -2.17. The van der Waals surface area contributed by atoms with Crippen molar-refractivity contribution in [2.24, 2.45) is 5.92 Å². The molecule has 32 heavy (non-hydrogen) atoms. The molecule has 1 N–H and O–H groups in total. The van der Waals surface area contributed by atoms with Crippen LogP contribution in [0.25, 0.3) is 0 Å². The summed E-state index contributed by atoms with van der Waals surface area (Å²) in [5, 5.41) is 27.7. The molecule has 10 heteroatoms. The van der Waals surface area contributed by atoms with Crippen molar-refractivity contribution < 1.29 is 19.0 Å². The van der Waals surface area contributed by atoms with Crippen LogP contribution in [0.3, 0.4) is 0 Å². The zero-order valence-corrected chi connectivity index (χ0v) is 18.3. The average Bonchev–Trinajstić information content (AvgIpc) is 3.31. The monoisotopic (exact) mass is 452 g/mol. The van der Waals surface area contributed by atoms with Gasteiger partial charge in [-0.1, -0.05) is 12.1 Å². The first-order valence-electron chi connectivity index (χ1n) is 10.1. The lowest BCUT2D eigenvalue weighted by Crippen LogP contribution is -2.15. The second-order valence-electron chi connectivity index (χ2n) is 7.73. The summed E-state index contributed by atoms with van der Waals surface area (Å²) >= 11 is 1.44. The highest BCUT2D eigenvalue weighted by Gasteiger charge is 2.27. The van der Waals surface area contributed by atoms with Crippen molar-refractivity contribution in [3.05, 3.63) is 67.4 Å². The zero-order valence-electron chi connectivity index (χ0n) is 17.5. The van der Waals surface area contributed by atoms with Crippen LogP contribution < -0.4 is 10.1 Å². The number of amides is 1. The maximum atomic E-state index is 13.0. The summed E-state index contributed by atoms with van der Waals surface area (Å²) in [6.45, 7) is 3.85. The molecule has 0 radical (unpaired) electrons. The molecule has 0 bridgehead atoms. The molecule has 3 aromatic rings. The summed E-state index contributed by atoms with van der Waals surface area (Å²) in [7, 11) is 0. The van der Waals surface area contributed by atoms with E-state index < -0.39 is 10.8 Å². The highest BCUT2D eigenvalue weighted by Crippen LogP contribution is 2.39. The molecule has 1 atom stereocenters. The van der Waals surface area contributed by atoms with Crippen LogP contribution in [-0.2, 0) is 19.4 Å². The van der Waals surface area contributed by atoms with Crippen LogP contribution >= 0.6 is 11.3 Å². The molecule has 0 spiro atoms. The Bertz CT molecular complexity index is 1220. The van der Waals surface area contributed by atoms with Gasteiger partial charge in [-0.05, 0) is 49.8 Å². The van der Waals surface area contributed by atoms with Gasteiger partial charge in [-0.3, -0.25) is 14.9 Å².